The molecule has 0 N–H and O–H groups in total. The van der Waals surface area contributed by atoms with Gasteiger partial charge in [0.1, 0.15) is 0 Å². The van der Waals surface area contributed by atoms with E-state index in [4.69, 9.17) is 0 Å². The molecule has 0 spiro atoms. The van der Waals surface area contributed by atoms with Crippen molar-refractivity contribution in [1.82, 2.24) is 9.88 Å². The van der Waals surface area contributed by atoms with E-state index in [9.17, 15) is 4.79 Å². The molecule has 0 aliphatic carbocycles. The molecule has 0 atom stereocenters. The Balaban J connectivity index is 1.60. The molecule has 108 valence electrons. The summed E-state index contributed by atoms with van der Waals surface area (Å²) in [5.74, 6) is 0.120. The molecule has 1 aliphatic rings. The minimum atomic E-state index is 0.120. The molecule has 1 aromatic carbocycles. The SMILES string of the molecule is O=C(c1ccc(CCc2ccccc2)nc1)N1CCCC1. The molecule has 3 rings (SSSR count). The summed E-state index contributed by atoms with van der Waals surface area (Å²) in [7, 11) is 0. The number of pyridine rings is 1. The van der Waals surface area contributed by atoms with Gasteiger partial charge in [-0.05, 0) is 43.4 Å². The van der Waals surface area contributed by atoms with Crippen LogP contribution in [-0.4, -0.2) is 28.9 Å². The average molecular weight is 280 g/mol. The number of hydrogen-bond acceptors (Lipinski definition) is 2. The van der Waals surface area contributed by atoms with Gasteiger partial charge >= 0.3 is 0 Å². The first-order valence-corrected chi connectivity index (χ1v) is 7.61. The van der Waals surface area contributed by atoms with Crippen LogP contribution < -0.4 is 0 Å². The van der Waals surface area contributed by atoms with Gasteiger partial charge < -0.3 is 4.90 Å². The smallest absolute Gasteiger partial charge is 0.255 e. The molecule has 0 unspecified atom stereocenters. The Labute approximate surface area is 125 Å². The summed E-state index contributed by atoms with van der Waals surface area (Å²) < 4.78 is 0. The van der Waals surface area contributed by atoms with Gasteiger partial charge in [-0.25, -0.2) is 0 Å². The number of aromatic nitrogens is 1. The van der Waals surface area contributed by atoms with Crippen molar-refractivity contribution in [1.29, 1.82) is 0 Å². The predicted molar refractivity (Wildman–Crippen MR) is 83.2 cm³/mol. The highest BCUT2D eigenvalue weighted by molar-refractivity contribution is 5.94. The molecule has 1 aliphatic heterocycles. The fourth-order valence-corrected chi connectivity index (χ4v) is 2.72. The van der Waals surface area contributed by atoms with Crippen LogP contribution in [0.1, 0.15) is 34.5 Å². The number of nitrogens with zero attached hydrogens (tertiary/aromatic N) is 2. The van der Waals surface area contributed by atoms with E-state index >= 15 is 0 Å². The lowest BCUT2D eigenvalue weighted by atomic mass is 10.1. The van der Waals surface area contributed by atoms with Crippen molar-refractivity contribution in [2.45, 2.75) is 25.7 Å². The van der Waals surface area contributed by atoms with Gasteiger partial charge in [0.25, 0.3) is 5.91 Å². The van der Waals surface area contributed by atoms with E-state index in [1.807, 2.05) is 23.1 Å². The zero-order valence-electron chi connectivity index (χ0n) is 12.2. The van der Waals surface area contributed by atoms with Gasteiger partial charge in [-0.2, -0.15) is 0 Å². The van der Waals surface area contributed by atoms with Crippen molar-refractivity contribution in [2.24, 2.45) is 0 Å². The van der Waals surface area contributed by atoms with E-state index in [-0.39, 0.29) is 5.91 Å². The quantitative estimate of drug-likeness (QED) is 0.862. The second-order valence-corrected chi connectivity index (χ2v) is 5.52. The number of benzene rings is 1. The number of likely N-dealkylation sites (tertiary alicyclic amines) is 1. The first-order valence-electron chi connectivity index (χ1n) is 7.61. The Morgan fingerprint density at radius 2 is 1.76 bits per heavy atom. The van der Waals surface area contributed by atoms with Crippen molar-refractivity contribution in [3.05, 3.63) is 65.5 Å². The van der Waals surface area contributed by atoms with Crippen molar-refractivity contribution in [2.75, 3.05) is 13.1 Å². The molecule has 3 heteroatoms. The third-order valence-corrected chi connectivity index (χ3v) is 3.98. The molecular formula is C18H20N2O. The predicted octanol–water partition coefficient (Wildman–Crippen LogP) is 3.10. The molecule has 0 saturated carbocycles. The Hall–Kier alpha value is -2.16. The number of rotatable bonds is 4. The second-order valence-electron chi connectivity index (χ2n) is 5.52. The van der Waals surface area contributed by atoms with Crippen molar-refractivity contribution in [3.63, 3.8) is 0 Å². The minimum absolute atomic E-state index is 0.120. The van der Waals surface area contributed by atoms with E-state index < -0.39 is 0 Å². The summed E-state index contributed by atoms with van der Waals surface area (Å²) in [5, 5.41) is 0. The maximum Gasteiger partial charge on any atom is 0.255 e. The number of hydrogen-bond donors (Lipinski definition) is 0. The topological polar surface area (TPSA) is 33.2 Å². The van der Waals surface area contributed by atoms with Gasteiger partial charge in [-0.15, -0.1) is 0 Å². The van der Waals surface area contributed by atoms with E-state index in [1.54, 1.807) is 6.20 Å². The standard InChI is InChI=1S/C18H20N2O/c21-18(20-12-4-5-13-20)16-9-11-17(19-14-16)10-8-15-6-2-1-3-7-15/h1-3,6-7,9,11,14H,4-5,8,10,12-13H2. The first kappa shape index (κ1) is 13.8. The Bertz CT molecular complexity index is 586. The summed E-state index contributed by atoms with van der Waals surface area (Å²) >= 11 is 0. The fourth-order valence-electron chi connectivity index (χ4n) is 2.72. The van der Waals surface area contributed by atoms with Crippen LogP contribution >= 0.6 is 0 Å². The summed E-state index contributed by atoms with van der Waals surface area (Å²) in [6.07, 6.45) is 5.85. The van der Waals surface area contributed by atoms with Crippen molar-refractivity contribution < 1.29 is 4.79 Å². The van der Waals surface area contributed by atoms with Gasteiger partial charge in [0.2, 0.25) is 0 Å². The molecule has 0 radical (unpaired) electrons. The zero-order valence-corrected chi connectivity index (χ0v) is 12.2. The molecule has 3 nitrogen and oxygen atoms in total. The van der Waals surface area contributed by atoms with Gasteiger partial charge in [0, 0.05) is 25.0 Å². The summed E-state index contributed by atoms with van der Waals surface area (Å²) in [6, 6.07) is 14.3. The highest BCUT2D eigenvalue weighted by Gasteiger charge is 2.19. The lowest BCUT2D eigenvalue weighted by Gasteiger charge is -2.14. The molecule has 1 saturated heterocycles. The molecule has 2 aromatic rings. The van der Waals surface area contributed by atoms with Gasteiger partial charge in [0.05, 0.1) is 5.56 Å². The average Bonchev–Trinajstić information content (AvgIpc) is 3.08. The Kier molecular flexibility index (Phi) is 4.29. The third kappa shape index (κ3) is 3.48. The van der Waals surface area contributed by atoms with E-state index in [0.29, 0.717) is 5.56 Å². The largest absolute Gasteiger partial charge is 0.339 e. The van der Waals surface area contributed by atoms with Crippen LogP contribution in [0.3, 0.4) is 0 Å². The van der Waals surface area contributed by atoms with E-state index in [2.05, 4.69) is 29.2 Å². The van der Waals surface area contributed by atoms with Crippen LogP contribution in [0.2, 0.25) is 0 Å². The Morgan fingerprint density at radius 3 is 2.43 bits per heavy atom. The fraction of sp³-hybridized carbons (Fsp3) is 0.333. The maximum absolute atomic E-state index is 12.2. The summed E-state index contributed by atoms with van der Waals surface area (Å²) in [4.78, 5) is 18.6. The first-order chi connectivity index (χ1) is 10.3. The number of carbonyl (C=O) groups is 1. The van der Waals surface area contributed by atoms with Crippen LogP contribution in [0.25, 0.3) is 0 Å². The number of aryl methyl sites for hydroxylation is 2. The summed E-state index contributed by atoms with van der Waals surface area (Å²) in [5.41, 5.74) is 3.06. The highest BCUT2D eigenvalue weighted by atomic mass is 16.2. The van der Waals surface area contributed by atoms with Crippen LogP contribution in [0.15, 0.2) is 48.7 Å². The highest BCUT2D eigenvalue weighted by Crippen LogP contribution is 2.13. The number of amides is 1. The van der Waals surface area contributed by atoms with Crippen molar-refractivity contribution >= 4 is 5.91 Å². The van der Waals surface area contributed by atoms with Crippen LogP contribution in [0.4, 0.5) is 0 Å². The van der Waals surface area contributed by atoms with E-state index in [0.717, 1.165) is 44.5 Å². The molecule has 2 heterocycles. The van der Waals surface area contributed by atoms with Gasteiger partial charge in [-0.1, -0.05) is 30.3 Å². The zero-order chi connectivity index (χ0) is 14.5. The molecule has 1 aromatic heterocycles. The summed E-state index contributed by atoms with van der Waals surface area (Å²) in [6.45, 7) is 1.77. The minimum Gasteiger partial charge on any atom is -0.339 e. The van der Waals surface area contributed by atoms with Gasteiger partial charge in [-0.3, -0.25) is 9.78 Å². The third-order valence-electron chi connectivity index (χ3n) is 3.98. The molecule has 1 amide bonds. The Morgan fingerprint density at radius 1 is 1.00 bits per heavy atom. The molecule has 0 bridgehead atoms. The monoisotopic (exact) mass is 280 g/mol. The molecule has 1 fully saturated rings. The van der Waals surface area contributed by atoms with Crippen LogP contribution in [0, 0.1) is 0 Å². The van der Waals surface area contributed by atoms with Crippen LogP contribution in [-0.2, 0) is 12.8 Å². The molecule has 21 heavy (non-hydrogen) atoms. The second kappa shape index (κ2) is 6.53. The lowest BCUT2D eigenvalue weighted by Crippen LogP contribution is -2.27. The molecular weight excluding hydrogens is 260 g/mol. The number of carbonyl (C=O) groups excluding carboxylic acids is 1. The maximum atomic E-state index is 12.2. The van der Waals surface area contributed by atoms with E-state index in [1.165, 1.54) is 5.56 Å². The van der Waals surface area contributed by atoms with Gasteiger partial charge in [0.15, 0.2) is 0 Å². The van der Waals surface area contributed by atoms with Crippen LogP contribution in [0.5, 0.6) is 0 Å². The lowest BCUT2D eigenvalue weighted by molar-refractivity contribution is 0.0792. The van der Waals surface area contributed by atoms with Crippen molar-refractivity contribution in [3.8, 4) is 0 Å². The normalized spacial score (nSPS) is 14.4.